The third-order valence-corrected chi connectivity index (χ3v) is 11.0. The minimum Gasteiger partial charge on any atom is -0.455 e. The summed E-state index contributed by atoms with van der Waals surface area (Å²) in [4.78, 5) is 0. The Kier molecular flexibility index (Phi) is 5.91. The molecular weight excluding hydrogens is 621 g/mol. The van der Waals surface area contributed by atoms with Crippen LogP contribution in [0, 0.1) is 0 Å². The van der Waals surface area contributed by atoms with Crippen molar-refractivity contribution in [3.8, 4) is 33.4 Å². The van der Waals surface area contributed by atoms with E-state index in [2.05, 4.69) is 170 Å². The van der Waals surface area contributed by atoms with Crippen LogP contribution in [0.1, 0.15) is 22.3 Å². The molecule has 0 atom stereocenters. The molecule has 0 radical (unpaired) electrons. The molecule has 0 spiro atoms. The van der Waals surface area contributed by atoms with Crippen LogP contribution in [0.2, 0.25) is 0 Å². The lowest BCUT2D eigenvalue weighted by Gasteiger charge is -2.34. The van der Waals surface area contributed by atoms with Crippen LogP contribution >= 0.6 is 0 Å². The molecule has 10 aromatic rings. The summed E-state index contributed by atoms with van der Waals surface area (Å²) in [6, 6.07) is 65.6. The van der Waals surface area contributed by atoms with Gasteiger partial charge in [-0.15, -0.1) is 0 Å². The van der Waals surface area contributed by atoms with Crippen LogP contribution in [-0.4, -0.2) is 0 Å². The first-order chi connectivity index (χ1) is 25.3. The van der Waals surface area contributed by atoms with Gasteiger partial charge >= 0.3 is 0 Å². The Morgan fingerprint density at radius 1 is 0.314 bits per heavy atom. The summed E-state index contributed by atoms with van der Waals surface area (Å²) in [6.07, 6.45) is 0. The number of para-hydroxylation sites is 4. The Balaban J connectivity index is 1.18. The zero-order valence-corrected chi connectivity index (χ0v) is 27.6. The highest BCUT2D eigenvalue weighted by Crippen LogP contribution is 2.57. The first-order valence-corrected chi connectivity index (χ1v) is 17.5. The second-order valence-corrected chi connectivity index (χ2v) is 13.6. The largest absolute Gasteiger partial charge is 0.455 e. The molecule has 0 bridgehead atoms. The molecule has 0 unspecified atom stereocenters. The minimum atomic E-state index is -0.567. The number of hydrogen-bond donors (Lipinski definition) is 0. The van der Waals surface area contributed by atoms with Crippen LogP contribution in [0.3, 0.4) is 0 Å². The second kappa shape index (κ2) is 10.7. The Bertz CT molecular complexity index is 2790. The highest BCUT2D eigenvalue weighted by molar-refractivity contribution is 6.10. The van der Waals surface area contributed by atoms with Gasteiger partial charge in [0, 0.05) is 32.7 Å². The maximum atomic E-state index is 6.54. The molecule has 0 amide bonds. The van der Waals surface area contributed by atoms with Crippen molar-refractivity contribution in [3.05, 3.63) is 204 Å². The molecule has 11 rings (SSSR count). The topological polar surface area (TPSA) is 26.3 Å². The first-order valence-electron chi connectivity index (χ1n) is 17.5. The highest BCUT2D eigenvalue weighted by Gasteiger charge is 2.46. The summed E-state index contributed by atoms with van der Waals surface area (Å²) in [5.74, 6) is 0. The molecule has 0 saturated carbocycles. The van der Waals surface area contributed by atoms with E-state index >= 15 is 0 Å². The van der Waals surface area contributed by atoms with Crippen molar-refractivity contribution < 1.29 is 8.83 Å². The van der Waals surface area contributed by atoms with E-state index in [1.54, 1.807) is 0 Å². The van der Waals surface area contributed by atoms with Gasteiger partial charge in [0.25, 0.3) is 0 Å². The fourth-order valence-corrected chi connectivity index (χ4v) is 8.81. The fourth-order valence-electron chi connectivity index (χ4n) is 8.81. The SMILES string of the molecule is c1cc(-c2cccc3c2oc2ccccc23)cc(C2(c3cccc(-c4cccc5c4oc4ccccc45)c3)c3ccccc3-c3ccccc32)c1. The Morgan fingerprint density at radius 2 is 0.706 bits per heavy atom. The summed E-state index contributed by atoms with van der Waals surface area (Å²) in [5.41, 5.74) is 15.0. The van der Waals surface area contributed by atoms with E-state index < -0.39 is 5.41 Å². The van der Waals surface area contributed by atoms with E-state index in [0.29, 0.717) is 0 Å². The monoisotopic (exact) mass is 650 g/mol. The molecule has 0 N–H and O–H groups in total. The van der Waals surface area contributed by atoms with E-state index in [-0.39, 0.29) is 0 Å². The van der Waals surface area contributed by atoms with Gasteiger partial charge in [-0.1, -0.05) is 158 Å². The third kappa shape index (κ3) is 3.93. The maximum Gasteiger partial charge on any atom is 0.143 e. The summed E-state index contributed by atoms with van der Waals surface area (Å²) in [5, 5.41) is 4.54. The molecule has 1 aliphatic carbocycles. The normalized spacial score (nSPS) is 13.3. The Labute approximate surface area is 294 Å². The zero-order chi connectivity index (χ0) is 33.5. The first kappa shape index (κ1) is 28.2. The summed E-state index contributed by atoms with van der Waals surface area (Å²) in [7, 11) is 0. The number of furan rings is 2. The van der Waals surface area contributed by atoms with Gasteiger partial charge in [0.2, 0.25) is 0 Å². The van der Waals surface area contributed by atoms with E-state index in [9.17, 15) is 0 Å². The Hall–Kier alpha value is -6.64. The van der Waals surface area contributed by atoms with Gasteiger partial charge in [-0.2, -0.15) is 0 Å². The van der Waals surface area contributed by atoms with Crippen LogP contribution < -0.4 is 0 Å². The van der Waals surface area contributed by atoms with Crippen LogP contribution in [0.25, 0.3) is 77.3 Å². The summed E-state index contributed by atoms with van der Waals surface area (Å²) >= 11 is 0. The predicted molar refractivity (Wildman–Crippen MR) is 209 cm³/mol. The second-order valence-electron chi connectivity index (χ2n) is 13.6. The van der Waals surface area contributed by atoms with E-state index in [1.165, 1.54) is 33.4 Å². The van der Waals surface area contributed by atoms with E-state index in [0.717, 1.165) is 66.1 Å². The lowest BCUT2D eigenvalue weighted by molar-refractivity contribution is 0.669. The van der Waals surface area contributed by atoms with E-state index in [1.807, 2.05) is 12.1 Å². The number of benzene rings is 8. The third-order valence-electron chi connectivity index (χ3n) is 11.0. The average Bonchev–Trinajstić information content (AvgIpc) is 3.87. The molecule has 2 aromatic heterocycles. The van der Waals surface area contributed by atoms with Crippen LogP contribution in [0.5, 0.6) is 0 Å². The smallest absolute Gasteiger partial charge is 0.143 e. The van der Waals surface area contributed by atoms with Crippen molar-refractivity contribution in [2.45, 2.75) is 5.41 Å². The number of rotatable bonds is 4. The van der Waals surface area contributed by atoms with Gasteiger partial charge in [-0.05, 0) is 68.8 Å². The summed E-state index contributed by atoms with van der Waals surface area (Å²) < 4.78 is 13.1. The molecule has 2 heteroatoms. The van der Waals surface area contributed by atoms with Gasteiger partial charge in [-0.25, -0.2) is 0 Å². The number of hydrogen-bond acceptors (Lipinski definition) is 2. The molecule has 2 nitrogen and oxygen atoms in total. The van der Waals surface area contributed by atoms with Crippen LogP contribution in [0.15, 0.2) is 191 Å². The lowest BCUT2D eigenvalue weighted by atomic mass is 9.67. The summed E-state index contributed by atoms with van der Waals surface area (Å²) in [6.45, 7) is 0. The zero-order valence-electron chi connectivity index (χ0n) is 27.6. The Morgan fingerprint density at radius 3 is 1.22 bits per heavy atom. The van der Waals surface area contributed by atoms with Gasteiger partial charge in [-0.3, -0.25) is 0 Å². The average molecular weight is 651 g/mol. The maximum absolute atomic E-state index is 6.54. The molecule has 0 aliphatic heterocycles. The molecule has 238 valence electrons. The molecule has 8 aromatic carbocycles. The van der Waals surface area contributed by atoms with Gasteiger partial charge in [0.05, 0.1) is 5.41 Å². The minimum absolute atomic E-state index is 0.567. The van der Waals surface area contributed by atoms with Crippen molar-refractivity contribution in [3.63, 3.8) is 0 Å². The standard InChI is InChI=1S/C49H30O2/c1-5-25-43-37(17-1)38-18-2-6-26-44(38)49(43,33-15-9-13-31(29-33)35-21-11-23-41-39-19-3-7-27-45(39)50-47(35)41)34-16-10-14-32(30-34)36-22-12-24-42-40-20-4-8-28-46(40)51-48(36)42/h1-30H. The van der Waals surface area contributed by atoms with Gasteiger partial charge in [0.1, 0.15) is 22.3 Å². The van der Waals surface area contributed by atoms with Crippen molar-refractivity contribution in [2.75, 3.05) is 0 Å². The lowest BCUT2D eigenvalue weighted by Crippen LogP contribution is -2.28. The number of fused-ring (bicyclic) bond motifs is 9. The fraction of sp³-hybridized carbons (Fsp3) is 0.0204. The van der Waals surface area contributed by atoms with Crippen molar-refractivity contribution in [1.29, 1.82) is 0 Å². The molecule has 1 aliphatic rings. The van der Waals surface area contributed by atoms with Crippen LogP contribution in [0.4, 0.5) is 0 Å². The van der Waals surface area contributed by atoms with Gasteiger partial charge in [0.15, 0.2) is 0 Å². The van der Waals surface area contributed by atoms with Gasteiger partial charge < -0.3 is 8.83 Å². The van der Waals surface area contributed by atoms with E-state index in [4.69, 9.17) is 8.83 Å². The quantitative estimate of drug-likeness (QED) is 0.189. The van der Waals surface area contributed by atoms with Crippen LogP contribution in [-0.2, 0) is 5.41 Å². The molecule has 0 saturated heterocycles. The predicted octanol–water partition coefficient (Wildman–Crippen LogP) is 13.2. The molecular formula is C49H30O2. The molecule has 2 heterocycles. The molecule has 0 fully saturated rings. The molecule has 51 heavy (non-hydrogen) atoms. The van der Waals surface area contributed by atoms with Crippen molar-refractivity contribution in [2.24, 2.45) is 0 Å². The van der Waals surface area contributed by atoms with Crippen molar-refractivity contribution >= 4 is 43.9 Å². The highest BCUT2D eigenvalue weighted by atomic mass is 16.3. The van der Waals surface area contributed by atoms with Crippen molar-refractivity contribution in [1.82, 2.24) is 0 Å².